The van der Waals surface area contributed by atoms with Crippen LogP contribution in [-0.4, -0.2) is 9.78 Å². The van der Waals surface area contributed by atoms with Gasteiger partial charge in [-0.25, -0.2) is 0 Å². The van der Waals surface area contributed by atoms with E-state index in [4.69, 9.17) is 5.73 Å². The van der Waals surface area contributed by atoms with E-state index in [0.29, 0.717) is 6.54 Å². The summed E-state index contributed by atoms with van der Waals surface area (Å²) in [7, 11) is 1.95. The van der Waals surface area contributed by atoms with E-state index in [9.17, 15) is 0 Å². The number of aryl methyl sites for hydroxylation is 2. The first-order chi connectivity index (χ1) is 6.24. The SMILES string of the molecule is Cc1c2c(CN)cccc2nn1C. The first kappa shape index (κ1) is 8.26. The van der Waals surface area contributed by atoms with Gasteiger partial charge in [-0.2, -0.15) is 5.10 Å². The Morgan fingerprint density at radius 1 is 1.46 bits per heavy atom. The highest BCUT2D eigenvalue weighted by molar-refractivity contribution is 5.84. The first-order valence-electron chi connectivity index (χ1n) is 4.35. The predicted molar refractivity (Wildman–Crippen MR) is 53.3 cm³/mol. The smallest absolute Gasteiger partial charge is 0.0929 e. The molecule has 0 amide bonds. The number of benzene rings is 1. The molecule has 0 fully saturated rings. The summed E-state index contributed by atoms with van der Waals surface area (Å²) in [5.41, 5.74) is 9.03. The van der Waals surface area contributed by atoms with Crippen LogP contribution in [0.1, 0.15) is 11.3 Å². The fourth-order valence-corrected chi connectivity index (χ4v) is 1.66. The second-order valence-electron chi connectivity index (χ2n) is 3.22. The van der Waals surface area contributed by atoms with Gasteiger partial charge in [-0.15, -0.1) is 0 Å². The van der Waals surface area contributed by atoms with Crippen LogP contribution in [-0.2, 0) is 13.6 Å². The maximum absolute atomic E-state index is 5.66. The number of fused-ring (bicyclic) bond motifs is 1. The second kappa shape index (κ2) is 2.85. The van der Waals surface area contributed by atoms with E-state index in [2.05, 4.69) is 18.1 Å². The zero-order valence-electron chi connectivity index (χ0n) is 7.91. The molecule has 0 radical (unpaired) electrons. The molecule has 0 aliphatic heterocycles. The third kappa shape index (κ3) is 1.12. The molecular formula is C10H13N3. The van der Waals surface area contributed by atoms with Crippen LogP contribution in [0.2, 0.25) is 0 Å². The predicted octanol–water partition coefficient (Wildman–Crippen LogP) is 1.34. The normalized spacial score (nSPS) is 11.0. The lowest BCUT2D eigenvalue weighted by Gasteiger charge is -1.99. The first-order valence-corrected chi connectivity index (χ1v) is 4.35. The van der Waals surface area contributed by atoms with E-state index in [1.807, 2.05) is 23.9 Å². The number of aromatic nitrogens is 2. The lowest BCUT2D eigenvalue weighted by molar-refractivity contribution is 0.751. The third-order valence-corrected chi connectivity index (χ3v) is 2.45. The van der Waals surface area contributed by atoms with Gasteiger partial charge in [0, 0.05) is 24.7 Å². The summed E-state index contributed by atoms with van der Waals surface area (Å²) in [6.45, 7) is 2.64. The van der Waals surface area contributed by atoms with Gasteiger partial charge in [-0.05, 0) is 18.6 Å². The van der Waals surface area contributed by atoms with Gasteiger partial charge in [-0.1, -0.05) is 12.1 Å². The molecule has 0 atom stereocenters. The van der Waals surface area contributed by atoms with Crippen LogP contribution in [0.25, 0.3) is 10.9 Å². The van der Waals surface area contributed by atoms with Crippen LogP contribution in [0.15, 0.2) is 18.2 Å². The van der Waals surface area contributed by atoms with E-state index in [1.165, 1.54) is 16.6 Å². The topological polar surface area (TPSA) is 43.8 Å². The van der Waals surface area contributed by atoms with Gasteiger partial charge in [0.15, 0.2) is 0 Å². The Hall–Kier alpha value is -1.35. The molecule has 3 nitrogen and oxygen atoms in total. The summed E-state index contributed by atoms with van der Waals surface area (Å²) < 4.78 is 1.89. The molecule has 2 rings (SSSR count). The average Bonchev–Trinajstić information content (AvgIpc) is 2.43. The molecule has 3 heteroatoms. The summed E-state index contributed by atoms with van der Waals surface area (Å²) in [5.74, 6) is 0. The minimum absolute atomic E-state index is 0.573. The van der Waals surface area contributed by atoms with E-state index in [1.54, 1.807) is 0 Å². The van der Waals surface area contributed by atoms with Gasteiger partial charge < -0.3 is 5.73 Å². The molecule has 1 heterocycles. The summed E-state index contributed by atoms with van der Waals surface area (Å²) in [6, 6.07) is 6.06. The van der Waals surface area contributed by atoms with Crippen LogP contribution < -0.4 is 5.73 Å². The van der Waals surface area contributed by atoms with E-state index < -0.39 is 0 Å². The van der Waals surface area contributed by atoms with Gasteiger partial charge in [0.1, 0.15) is 0 Å². The molecule has 0 aliphatic rings. The molecule has 68 valence electrons. The van der Waals surface area contributed by atoms with Crippen molar-refractivity contribution in [3.8, 4) is 0 Å². The van der Waals surface area contributed by atoms with Crippen LogP contribution in [0.4, 0.5) is 0 Å². The Labute approximate surface area is 77.2 Å². The Balaban J connectivity index is 2.87. The van der Waals surface area contributed by atoms with E-state index in [0.717, 1.165) is 5.52 Å². The Morgan fingerprint density at radius 2 is 2.23 bits per heavy atom. The van der Waals surface area contributed by atoms with Crippen LogP contribution in [0.3, 0.4) is 0 Å². The molecule has 13 heavy (non-hydrogen) atoms. The largest absolute Gasteiger partial charge is 0.326 e. The van der Waals surface area contributed by atoms with Crippen molar-refractivity contribution in [1.82, 2.24) is 9.78 Å². The van der Waals surface area contributed by atoms with Crippen molar-refractivity contribution in [3.05, 3.63) is 29.5 Å². The zero-order chi connectivity index (χ0) is 9.42. The molecule has 2 aromatic rings. The summed E-state index contributed by atoms with van der Waals surface area (Å²) in [6.07, 6.45) is 0. The molecule has 0 saturated heterocycles. The standard InChI is InChI=1S/C10H13N3/c1-7-10-8(6-11)4-3-5-9(10)12-13(7)2/h3-5H,6,11H2,1-2H3. The van der Waals surface area contributed by atoms with Gasteiger partial charge in [0.05, 0.1) is 5.52 Å². The van der Waals surface area contributed by atoms with Crippen molar-refractivity contribution < 1.29 is 0 Å². The fourth-order valence-electron chi connectivity index (χ4n) is 1.66. The number of hydrogen-bond donors (Lipinski definition) is 1. The maximum Gasteiger partial charge on any atom is 0.0929 e. The minimum atomic E-state index is 0.573. The van der Waals surface area contributed by atoms with Gasteiger partial charge in [0.25, 0.3) is 0 Å². The average molecular weight is 175 g/mol. The van der Waals surface area contributed by atoms with Crippen LogP contribution >= 0.6 is 0 Å². The molecule has 1 aromatic carbocycles. The van der Waals surface area contributed by atoms with Crippen LogP contribution in [0.5, 0.6) is 0 Å². The van der Waals surface area contributed by atoms with Crippen molar-refractivity contribution in [3.63, 3.8) is 0 Å². The Morgan fingerprint density at radius 3 is 2.92 bits per heavy atom. The van der Waals surface area contributed by atoms with Crippen molar-refractivity contribution in [2.24, 2.45) is 12.8 Å². The molecule has 1 aromatic heterocycles. The second-order valence-corrected chi connectivity index (χ2v) is 3.22. The third-order valence-electron chi connectivity index (χ3n) is 2.45. The lowest BCUT2D eigenvalue weighted by atomic mass is 10.1. The van der Waals surface area contributed by atoms with E-state index in [-0.39, 0.29) is 0 Å². The molecule has 0 bridgehead atoms. The van der Waals surface area contributed by atoms with Crippen LogP contribution in [0, 0.1) is 6.92 Å². The summed E-state index contributed by atoms with van der Waals surface area (Å²) >= 11 is 0. The molecule has 2 N–H and O–H groups in total. The number of nitrogens with zero attached hydrogens (tertiary/aromatic N) is 2. The number of rotatable bonds is 1. The molecule has 0 spiro atoms. The highest BCUT2D eigenvalue weighted by atomic mass is 15.3. The minimum Gasteiger partial charge on any atom is -0.326 e. The summed E-state index contributed by atoms with van der Waals surface area (Å²) in [5, 5.41) is 5.58. The van der Waals surface area contributed by atoms with Gasteiger partial charge in [-0.3, -0.25) is 4.68 Å². The van der Waals surface area contributed by atoms with Crippen molar-refractivity contribution in [2.45, 2.75) is 13.5 Å². The highest BCUT2D eigenvalue weighted by Crippen LogP contribution is 2.20. The maximum atomic E-state index is 5.66. The fraction of sp³-hybridized carbons (Fsp3) is 0.300. The number of hydrogen-bond acceptors (Lipinski definition) is 2. The monoisotopic (exact) mass is 175 g/mol. The van der Waals surface area contributed by atoms with Crippen molar-refractivity contribution >= 4 is 10.9 Å². The lowest BCUT2D eigenvalue weighted by Crippen LogP contribution is -1.97. The van der Waals surface area contributed by atoms with Crippen molar-refractivity contribution in [1.29, 1.82) is 0 Å². The van der Waals surface area contributed by atoms with E-state index >= 15 is 0 Å². The van der Waals surface area contributed by atoms with Crippen molar-refractivity contribution in [2.75, 3.05) is 0 Å². The highest BCUT2D eigenvalue weighted by Gasteiger charge is 2.07. The Bertz CT molecular complexity index is 443. The molecular weight excluding hydrogens is 162 g/mol. The quantitative estimate of drug-likeness (QED) is 0.710. The molecule has 0 aliphatic carbocycles. The molecule has 0 saturated carbocycles. The van der Waals surface area contributed by atoms with Gasteiger partial charge >= 0.3 is 0 Å². The Kier molecular flexibility index (Phi) is 1.81. The number of nitrogens with two attached hydrogens (primary N) is 1. The van der Waals surface area contributed by atoms with Gasteiger partial charge in [0.2, 0.25) is 0 Å². The zero-order valence-corrected chi connectivity index (χ0v) is 7.91. The molecule has 0 unspecified atom stereocenters. The summed E-state index contributed by atoms with van der Waals surface area (Å²) in [4.78, 5) is 0.